The Hall–Kier alpha value is -1.40. The number of nitrogens with zero attached hydrogens (tertiary/aromatic N) is 2. The number of carbonyl (C=O) groups excluding carboxylic acids is 1. The maximum atomic E-state index is 11.9. The Labute approximate surface area is 119 Å². The third kappa shape index (κ3) is 3.19. The Bertz CT molecular complexity index is 459. The summed E-state index contributed by atoms with van der Waals surface area (Å²) in [4.78, 5) is 11.9. The second-order valence-electron chi connectivity index (χ2n) is 5.04. The molecule has 1 aromatic heterocycles. The second-order valence-corrected chi connectivity index (χ2v) is 5.04. The predicted octanol–water partition coefficient (Wildman–Crippen LogP) is 1.25. The first kappa shape index (κ1) is 15.0. The Morgan fingerprint density at radius 3 is 3.05 bits per heavy atom. The normalized spacial score (nSPS) is 22.1. The highest BCUT2D eigenvalue weighted by Gasteiger charge is 2.27. The molecule has 0 amide bonds. The minimum absolute atomic E-state index is 0.259. The zero-order chi connectivity index (χ0) is 14.5. The maximum absolute atomic E-state index is 11.9. The van der Waals surface area contributed by atoms with Crippen molar-refractivity contribution in [1.82, 2.24) is 15.1 Å². The Balaban J connectivity index is 2.02. The average Bonchev–Trinajstić information content (AvgIpc) is 3.03. The third-order valence-corrected chi connectivity index (χ3v) is 3.84. The number of hydrogen-bond donors (Lipinski definition) is 1. The van der Waals surface area contributed by atoms with E-state index in [1.165, 1.54) is 6.42 Å². The zero-order valence-electron chi connectivity index (χ0n) is 12.4. The van der Waals surface area contributed by atoms with Crippen LogP contribution in [-0.4, -0.2) is 41.6 Å². The number of aromatic nitrogens is 2. The molecule has 2 rings (SSSR count). The molecule has 6 heteroatoms. The summed E-state index contributed by atoms with van der Waals surface area (Å²) in [6.07, 6.45) is 5.19. The van der Waals surface area contributed by atoms with E-state index in [1.54, 1.807) is 24.9 Å². The topological polar surface area (TPSA) is 65.4 Å². The van der Waals surface area contributed by atoms with Gasteiger partial charge in [0.05, 0.1) is 24.6 Å². The fraction of sp³-hybridized carbons (Fsp3) is 0.714. The molecular weight excluding hydrogens is 258 g/mol. The van der Waals surface area contributed by atoms with Gasteiger partial charge in [-0.25, -0.2) is 4.79 Å². The minimum atomic E-state index is -0.313. The smallest absolute Gasteiger partial charge is 0.341 e. The van der Waals surface area contributed by atoms with Gasteiger partial charge in [-0.15, -0.1) is 0 Å². The van der Waals surface area contributed by atoms with Crippen LogP contribution >= 0.6 is 0 Å². The van der Waals surface area contributed by atoms with Crippen LogP contribution in [0.1, 0.15) is 42.2 Å². The summed E-state index contributed by atoms with van der Waals surface area (Å²) in [7, 11) is 3.58. The summed E-state index contributed by atoms with van der Waals surface area (Å²) < 4.78 is 12.2. The van der Waals surface area contributed by atoms with Crippen molar-refractivity contribution in [2.75, 3.05) is 13.7 Å². The van der Waals surface area contributed by atoms with Crippen LogP contribution in [0.15, 0.2) is 6.20 Å². The Morgan fingerprint density at radius 1 is 1.55 bits per heavy atom. The summed E-state index contributed by atoms with van der Waals surface area (Å²) in [6, 6.07) is 0.338. The molecule has 1 heterocycles. The van der Waals surface area contributed by atoms with Crippen LogP contribution in [0.4, 0.5) is 0 Å². The highest BCUT2D eigenvalue weighted by atomic mass is 16.5. The van der Waals surface area contributed by atoms with E-state index in [0.717, 1.165) is 18.5 Å². The van der Waals surface area contributed by atoms with Crippen LogP contribution in [0.5, 0.6) is 0 Å². The van der Waals surface area contributed by atoms with E-state index in [-0.39, 0.29) is 12.1 Å². The number of esters is 1. The number of hydrogen-bond acceptors (Lipinski definition) is 5. The SMILES string of the molecule is CCOC(=O)c1cnn(C)c1CNC1CCCC1OC. The van der Waals surface area contributed by atoms with Gasteiger partial charge in [0.25, 0.3) is 0 Å². The fourth-order valence-electron chi connectivity index (χ4n) is 2.72. The van der Waals surface area contributed by atoms with E-state index < -0.39 is 0 Å². The highest BCUT2D eigenvalue weighted by molar-refractivity contribution is 5.90. The van der Waals surface area contributed by atoms with Gasteiger partial charge in [-0.1, -0.05) is 0 Å². The molecule has 1 aromatic rings. The van der Waals surface area contributed by atoms with Gasteiger partial charge >= 0.3 is 5.97 Å². The molecule has 1 aliphatic carbocycles. The Morgan fingerprint density at radius 2 is 2.35 bits per heavy atom. The molecule has 0 radical (unpaired) electrons. The van der Waals surface area contributed by atoms with Gasteiger partial charge < -0.3 is 14.8 Å². The highest BCUT2D eigenvalue weighted by Crippen LogP contribution is 2.22. The molecule has 1 saturated carbocycles. The molecular formula is C14H23N3O3. The van der Waals surface area contributed by atoms with E-state index in [0.29, 0.717) is 24.8 Å². The van der Waals surface area contributed by atoms with E-state index in [4.69, 9.17) is 9.47 Å². The van der Waals surface area contributed by atoms with Crippen molar-refractivity contribution in [1.29, 1.82) is 0 Å². The largest absolute Gasteiger partial charge is 0.462 e. The summed E-state index contributed by atoms with van der Waals surface area (Å²) in [5.74, 6) is -0.313. The number of aryl methyl sites for hydroxylation is 1. The lowest BCUT2D eigenvalue weighted by Gasteiger charge is -2.20. The van der Waals surface area contributed by atoms with E-state index in [1.807, 2.05) is 7.05 Å². The lowest BCUT2D eigenvalue weighted by molar-refractivity contribution is 0.0524. The van der Waals surface area contributed by atoms with Crippen LogP contribution in [-0.2, 0) is 23.1 Å². The molecule has 0 saturated heterocycles. The fourth-order valence-corrected chi connectivity index (χ4v) is 2.72. The molecule has 1 fully saturated rings. The van der Waals surface area contributed by atoms with Crippen molar-refractivity contribution in [3.8, 4) is 0 Å². The molecule has 20 heavy (non-hydrogen) atoms. The van der Waals surface area contributed by atoms with Crippen molar-refractivity contribution >= 4 is 5.97 Å². The number of carbonyl (C=O) groups is 1. The molecule has 0 aromatic carbocycles. The van der Waals surface area contributed by atoms with Crippen molar-refractivity contribution < 1.29 is 14.3 Å². The van der Waals surface area contributed by atoms with Crippen LogP contribution in [0.3, 0.4) is 0 Å². The van der Waals surface area contributed by atoms with Gasteiger partial charge in [-0.05, 0) is 26.2 Å². The average molecular weight is 281 g/mol. The summed E-state index contributed by atoms with van der Waals surface area (Å²) >= 11 is 0. The van der Waals surface area contributed by atoms with Gasteiger partial charge in [0.1, 0.15) is 5.56 Å². The Kier molecular flexibility index (Phi) is 5.14. The van der Waals surface area contributed by atoms with E-state index >= 15 is 0 Å². The van der Waals surface area contributed by atoms with Crippen molar-refractivity contribution in [3.05, 3.63) is 17.5 Å². The monoisotopic (exact) mass is 281 g/mol. The van der Waals surface area contributed by atoms with Gasteiger partial charge in [0, 0.05) is 26.7 Å². The van der Waals surface area contributed by atoms with Gasteiger partial charge in [0.15, 0.2) is 0 Å². The molecule has 1 aliphatic rings. The lowest BCUT2D eigenvalue weighted by Crippen LogP contribution is -2.37. The van der Waals surface area contributed by atoms with Crippen molar-refractivity contribution in [3.63, 3.8) is 0 Å². The number of rotatable bonds is 6. The van der Waals surface area contributed by atoms with Gasteiger partial charge in [-0.2, -0.15) is 5.10 Å². The zero-order valence-corrected chi connectivity index (χ0v) is 12.4. The molecule has 0 aliphatic heterocycles. The number of nitrogens with one attached hydrogen (secondary N) is 1. The molecule has 6 nitrogen and oxygen atoms in total. The minimum Gasteiger partial charge on any atom is -0.462 e. The molecule has 0 spiro atoms. The summed E-state index contributed by atoms with van der Waals surface area (Å²) in [6.45, 7) is 2.76. The van der Waals surface area contributed by atoms with Crippen LogP contribution in [0.25, 0.3) is 0 Å². The quantitative estimate of drug-likeness (QED) is 0.795. The van der Waals surface area contributed by atoms with Crippen LogP contribution < -0.4 is 5.32 Å². The third-order valence-electron chi connectivity index (χ3n) is 3.84. The molecule has 112 valence electrons. The number of methoxy groups -OCH3 is 1. The second kappa shape index (κ2) is 6.85. The summed E-state index contributed by atoms with van der Waals surface area (Å²) in [5.41, 5.74) is 1.39. The van der Waals surface area contributed by atoms with Crippen molar-refractivity contribution in [2.45, 2.75) is 44.9 Å². The molecule has 0 bridgehead atoms. The van der Waals surface area contributed by atoms with Gasteiger partial charge in [-0.3, -0.25) is 4.68 Å². The lowest BCUT2D eigenvalue weighted by atomic mass is 10.2. The first-order valence-electron chi connectivity index (χ1n) is 7.11. The van der Waals surface area contributed by atoms with E-state index in [2.05, 4.69) is 10.4 Å². The van der Waals surface area contributed by atoms with Crippen LogP contribution in [0, 0.1) is 0 Å². The molecule has 1 N–H and O–H groups in total. The standard InChI is InChI=1S/C14H23N3O3/c1-4-20-14(18)10-8-16-17(2)12(10)9-15-11-6-5-7-13(11)19-3/h8,11,13,15H,4-7,9H2,1-3H3. The summed E-state index contributed by atoms with van der Waals surface area (Å²) in [5, 5.41) is 7.62. The van der Waals surface area contributed by atoms with Crippen molar-refractivity contribution in [2.24, 2.45) is 7.05 Å². The van der Waals surface area contributed by atoms with E-state index in [9.17, 15) is 4.79 Å². The predicted molar refractivity (Wildman–Crippen MR) is 74.4 cm³/mol. The van der Waals surface area contributed by atoms with Gasteiger partial charge in [0.2, 0.25) is 0 Å². The number of ether oxygens (including phenoxy) is 2. The maximum Gasteiger partial charge on any atom is 0.341 e. The molecule has 2 atom stereocenters. The van der Waals surface area contributed by atoms with Crippen LogP contribution in [0.2, 0.25) is 0 Å². The first-order chi connectivity index (χ1) is 9.67. The first-order valence-corrected chi connectivity index (χ1v) is 7.11. The molecule has 2 unspecified atom stereocenters.